The highest BCUT2D eigenvalue weighted by Gasteiger charge is 2.33. The van der Waals surface area contributed by atoms with Gasteiger partial charge in [0, 0.05) is 6.04 Å². The molecule has 0 saturated heterocycles. The second-order valence-corrected chi connectivity index (χ2v) is 5.55. The van der Waals surface area contributed by atoms with E-state index in [0.29, 0.717) is 11.4 Å². The summed E-state index contributed by atoms with van der Waals surface area (Å²) in [4.78, 5) is 36.8. The Morgan fingerprint density at radius 1 is 1.43 bits per heavy atom. The van der Waals surface area contributed by atoms with Crippen molar-refractivity contribution in [3.8, 4) is 5.75 Å². The van der Waals surface area contributed by atoms with Gasteiger partial charge in [-0.1, -0.05) is 6.92 Å². The standard InChI is InChI=1S/C16H20N2O5/c1-4-9(2)17-14(19)8-18-12-7-11(16(21)22)5-6-13(12)23-10(3)15(18)20/h5-7,9-10H,4,8H2,1-3H3,(H,17,19)(H,21,22). The van der Waals surface area contributed by atoms with Crippen LogP contribution in [0, 0.1) is 0 Å². The molecule has 2 amide bonds. The lowest BCUT2D eigenvalue weighted by Crippen LogP contribution is -2.49. The van der Waals surface area contributed by atoms with Crippen molar-refractivity contribution < 1.29 is 24.2 Å². The van der Waals surface area contributed by atoms with Gasteiger partial charge in [0.1, 0.15) is 12.3 Å². The van der Waals surface area contributed by atoms with Gasteiger partial charge in [-0.25, -0.2) is 4.79 Å². The maximum atomic E-state index is 12.3. The van der Waals surface area contributed by atoms with Gasteiger partial charge in [-0.2, -0.15) is 0 Å². The minimum atomic E-state index is -1.11. The summed E-state index contributed by atoms with van der Waals surface area (Å²) in [6.45, 7) is 5.24. The number of nitrogens with one attached hydrogen (secondary N) is 1. The zero-order valence-corrected chi connectivity index (χ0v) is 13.3. The van der Waals surface area contributed by atoms with E-state index in [1.54, 1.807) is 6.92 Å². The molecule has 1 aromatic rings. The molecule has 1 aromatic carbocycles. The number of carbonyl (C=O) groups excluding carboxylic acids is 2. The molecule has 2 unspecified atom stereocenters. The van der Waals surface area contributed by atoms with E-state index in [4.69, 9.17) is 9.84 Å². The summed E-state index contributed by atoms with van der Waals surface area (Å²) >= 11 is 0. The molecule has 7 heteroatoms. The summed E-state index contributed by atoms with van der Waals surface area (Å²) in [6.07, 6.45) is 0.0495. The first-order valence-electron chi connectivity index (χ1n) is 7.48. The van der Waals surface area contributed by atoms with Crippen LogP contribution in [0.1, 0.15) is 37.6 Å². The van der Waals surface area contributed by atoms with Crippen molar-refractivity contribution in [2.75, 3.05) is 11.4 Å². The predicted octanol–water partition coefficient (Wildman–Crippen LogP) is 1.41. The van der Waals surface area contributed by atoms with E-state index in [0.717, 1.165) is 6.42 Å². The maximum absolute atomic E-state index is 12.3. The molecule has 2 N–H and O–H groups in total. The van der Waals surface area contributed by atoms with Crippen LogP contribution in [0.25, 0.3) is 0 Å². The molecule has 23 heavy (non-hydrogen) atoms. The highest BCUT2D eigenvalue weighted by atomic mass is 16.5. The summed E-state index contributed by atoms with van der Waals surface area (Å²) in [6, 6.07) is 4.25. The fourth-order valence-corrected chi connectivity index (χ4v) is 2.27. The normalized spacial score (nSPS) is 18.0. The number of carboxylic acids is 1. The average Bonchev–Trinajstić information content (AvgIpc) is 2.51. The van der Waals surface area contributed by atoms with E-state index in [1.165, 1.54) is 23.1 Å². The third-order valence-electron chi connectivity index (χ3n) is 3.74. The van der Waals surface area contributed by atoms with Gasteiger partial charge >= 0.3 is 5.97 Å². The van der Waals surface area contributed by atoms with Crippen LogP contribution in [0.4, 0.5) is 5.69 Å². The van der Waals surface area contributed by atoms with Crippen LogP contribution in [-0.4, -0.2) is 41.6 Å². The topological polar surface area (TPSA) is 95.9 Å². The van der Waals surface area contributed by atoms with Crippen LogP contribution in [-0.2, 0) is 9.59 Å². The molecule has 7 nitrogen and oxygen atoms in total. The lowest BCUT2D eigenvalue weighted by Gasteiger charge is -2.33. The molecule has 0 radical (unpaired) electrons. The first kappa shape index (κ1) is 16.8. The molecule has 0 saturated carbocycles. The minimum absolute atomic E-state index is 0.000824. The molecule has 2 atom stereocenters. The van der Waals surface area contributed by atoms with E-state index in [9.17, 15) is 14.4 Å². The fraction of sp³-hybridized carbons (Fsp3) is 0.438. The van der Waals surface area contributed by atoms with Gasteiger partial charge in [0.2, 0.25) is 5.91 Å². The molecule has 124 valence electrons. The zero-order chi connectivity index (χ0) is 17.1. The Kier molecular flexibility index (Phi) is 4.88. The predicted molar refractivity (Wildman–Crippen MR) is 83.7 cm³/mol. The van der Waals surface area contributed by atoms with Crippen molar-refractivity contribution in [3.05, 3.63) is 23.8 Å². The number of hydrogen-bond acceptors (Lipinski definition) is 4. The number of carboxylic acid groups (broad SMARTS) is 1. The number of carbonyl (C=O) groups is 3. The minimum Gasteiger partial charge on any atom is -0.479 e. The largest absolute Gasteiger partial charge is 0.479 e. The second-order valence-electron chi connectivity index (χ2n) is 5.55. The van der Waals surface area contributed by atoms with E-state index in [1.807, 2.05) is 13.8 Å². The maximum Gasteiger partial charge on any atom is 0.335 e. The zero-order valence-electron chi connectivity index (χ0n) is 13.3. The molecular weight excluding hydrogens is 300 g/mol. The Labute approximate surface area is 134 Å². The SMILES string of the molecule is CCC(C)NC(=O)CN1C(=O)C(C)Oc2ccc(C(=O)O)cc21. The Morgan fingerprint density at radius 2 is 2.13 bits per heavy atom. The monoisotopic (exact) mass is 320 g/mol. The third kappa shape index (κ3) is 3.61. The molecule has 1 aliphatic heterocycles. The van der Waals surface area contributed by atoms with Gasteiger partial charge < -0.3 is 15.2 Å². The molecule has 0 aliphatic carbocycles. The van der Waals surface area contributed by atoms with Crippen LogP contribution in [0.3, 0.4) is 0 Å². The van der Waals surface area contributed by atoms with Gasteiger partial charge in [0.05, 0.1) is 11.3 Å². The summed E-state index contributed by atoms with van der Waals surface area (Å²) < 4.78 is 5.48. The molecule has 1 heterocycles. The van der Waals surface area contributed by atoms with Gasteiger partial charge in [-0.3, -0.25) is 14.5 Å². The number of hydrogen-bond donors (Lipinski definition) is 2. The first-order chi connectivity index (χ1) is 10.8. The van der Waals surface area contributed by atoms with E-state index >= 15 is 0 Å². The lowest BCUT2D eigenvalue weighted by molar-refractivity contribution is -0.128. The number of anilines is 1. The van der Waals surface area contributed by atoms with Crippen molar-refractivity contribution in [2.45, 2.75) is 39.3 Å². The van der Waals surface area contributed by atoms with Gasteiger partial charge in [0.25, 0.3) is 5.91 Å². The fourth-order valence-electron chi connectivity index (χ4n) is 2.27. The Bertz CT molecular complexity index is 643. The number of fused-ring (bicyclic) bond motifs is 1. The highest BCUT2D eigenvalue weighted by Crippen LogP contribution is 2.34. The van der Waals surface area contributed by atoms with E-state index < -0.39 is 12.1 Å². The number of benzene rings is 1. The quantitative estimate of drug-likeness (QED) is 0.855. The van der Waals surface area contributed by atoms with E-state index in [-0.39, 0.29) is 30.0 Å². The van der Waals surface area contributed by atoms with Crippen LogP contribution >= 0.6 is 0 Å². The summed E-state index contributed by atoms with van der Waals surface area (Å²) in [5.41, 5.74) is 0.328. The number of amides is 2. The molecular formula is C16H20N2O5. The second kappa shape index (κ2) is 6.68. The smallest absolute Gasteiger partial charge is 0.335 e. The van der Waals surface area contributed by atoms with Crippen molar-refractivity contribution in [2.24, 2.45) is 0 Å². The van der Waals surface area contributed by atoms with Crippen molar-refractivity contribution in [3.63, 3.8) is 0 Å². The molecule has 0 spiro atoms. The Balaban J connectivity index is 2.31. The molecule has 0 aromatic heterocycles. The molecule has 0 bridgehead atoms. The van der Waals surface area contributed by atoms with Crippen LogP contribution in [0.2, 0.25) is 0 Å². The van der Waals surface area contributed by atoms with Gasteiger partial charge in [0.15, 0.2) is 6.10 Å². The average molecular weight is 320 g/mol. The first-order valence-corrected chi connectivity index (χ1v) is 7.48. The van der Waals surface area contributed by atoms with Gasteiger partial charge in [-0.05, 0) is 38.5 Å². The summed E-state index contributed by atoms with van der Waals surface area (Å²) in [5, 5.41) is 11.9. The Hall–Kier alpha value is -2.57. The summed E-state index contributed by atoms with van der Waals surface area (Å²) in [7, 11) is 0. The number of nitrogens with zero attached hydrogens (tertiary/aromatic N) is 1. The lowest BCUT2D eigenvalue weighted by atomic mass is 10.1. The molecule has 1 aliphatic rings. The van der Waals surface area contributed by atoms with E-state index in [2.05, 4.69) is 5.32 Å². The molecule has 0 fully saturated rings. The van der Waals surface area contributed by atoms with Crippen molar-refractivity contribution in [1.82, 2.24) is 5.32 Å². The van der Waals surface area contributed by atoms with Crippen LogP contribution < -0.4 is 15.0 Å². The molecule has 2 rings (SSSR count). The van der Waals surface area contributed by atoms with Crippen molar-refractivity contribution in [1.29, 1.82) is 0 Å². The number of rotatable bonds is 5. The highest BCUT2D eigenvalue weighted by molar-refractivity contribution is 6.04. The Morgan fingerprint density at radius 3 is 2.74 bits per heavy atom. The van der Waals surface area contributed by atoms with Crippen molar-refractivity contribution >= 4 is 23.5 Å². The number of aromatic carboxylic acids is 1. The number of ether oxygens (including phenoxy) is 1. The van der Waals surface area contributed by atoms with Crippen LogP contribution in [0.5, 0.6) is 5.75 Å². The third-order valence-corrected chi connectivity index (χ3v) is 3.74. The summed E-state index contributed by atoms with van der Waals surface area (Å²) in [5.74, 6) is -1.39. The van der Waals surface area contributed by atoms with Gasteiger partial charge in [-0.15, -0.1) is 0 Å². The van der Waals surface area contributed by atoms with Crippen LogP contribution in [0.15, 0.2) is 18.2 Å².